The van der Waals surface area contributed by atoms with Crippen molar-refractivity contribution in [2.45, 2.75) is 96.2 Å². The average molecular weight is 677 g/mol. The van der Waals surface area contributed by atoms with E-state index in [2.05, 4.69) is 0 Å². The van der Waals surface area contributed by atoms with Crippen LogP contribution in [0, 0.1) is 29.6 Å². The average Bonchev–Trinajstić information content (AvgIpc) is 3.67. The molecule has 1 spiro atoms. The van der Waals surface area contributed by atoms with E-state index in [0.717, 1.165) is 5.57 Å². The molecule has 11 nitrogen and oxygen atoms in total. The number of aliphatic hydroxyl groups is 1. The smallest absolute Gasteiger partial charge is 0.373 e. The van der Waals surface area contributed by atoms with Crippen LogP contribution >= 0.6 is 0 Å². The van der Waals surface area contributed by atoms with E-state index in [4.69, 9.17) is 23.7 Å². The minimum Gasteiger partial charge on any atom is -0.456 e. The van der Waals surface area contributed by atoms with Gasteiger partial charge in [0.05, 0.1) is 11.7 Å². The van der Waals surface area contributed by atoms with Gasteiger partial charge in [-0.3, -0.25) is 4.79 Å². The maximum absolute atomic E-state index is 13.7. The molecule has 1 saturated carbocycles. The molecular formula is C38H46NO10+. The summed E-state index contributed by atoms with van der Waals surface area (Å²) in [5.74, 6) is -3.47. The number of ketones is 1. The van der Waals surface area contributed by atoms with Crippen LogP contribution in [0.3, 0.4) is 0 Å². The molecule has 12 atom stereocenters. The predicted octanol–water partition coefficient (Wildman–Crippen LogP) is 3.39. The van der Waals surface area contributed by atoms with Crippen molar-refractivity contribution >= 4 is 23.7 Å². The lowest BCUT2D eigenvalue weighted by molar-refractivity contribution is -0.686. The Morgan fingerprint density at radius 1 is 1.20 bits per heavy atom. The highest BCUT2D eigenvalue weighted by molar-refractivity contribution is 5.93. The highest BCUT2D eigenvalue weighted by Crippen LogP contribution is 2.61. The van der Waals surface area contributed by atoms with Crippen molar-refractivity contribution in [2.75, 3.05) is 7.11 Å². The van der Waals surface area contributed by atoms with Gasteiger partial charge >= 0.3 is 17.9 Å². The number of allylic oxidation sites excluding steroid dienone is 3. The van der Waals surface area contributed by atoms with Crippen molar-refractivity contribution in [3.8, 4) is 0 Å². The Morgan fingerprint density at radius 2 is 1.98 bits per heavy atom. The third-order valence-electron chi connectivity index (χ3n) is 11.0. The zero-order valence-corrected chi connectivity index (χ0v) is 28.8. The molecule has 2 aliphatic heterocycles. The topological polar surface area (TPSA) is 139 Å². The van der Waals surface area contributed by atoms with Crippen molar-refractivity contribution < 1.29 is 52.5 Å². The molecule has 1 saturated heterocycles. The van der Waals surface area contributed by atoms with Gasteiger partial charge in [0.1, 0.15) is 30.0 Å². The first kappa shape index (κ1) is 34.9. The fourth-order valence-electron chi connectivity index (χ4n) is 8.57. The summed E-state index contributed by atoms with van der Waals surface area (Å²) >= 11 is 0. The normalized spacial score (nSPS) is 38.0. The summed E-state index contributed by atoms with van der Waals surface area (Å²) in [4.78, 5) is 51.7. The van der Waals surface area contributed by atoms with Crippen LogP contribution in [0.15, 0.2) is 72.1 Å². The highest BCUT2D eigenvalue weighted by Gasteiger charge is 2.69. The molecule has 1 N–H and O–H groups in total. The van der Waals surface area contributed by atoms with Gasteiger partial charge in [0.15, 0.2) is 24.3 Å². The summed E-state index contributed by atoms with van der Waals surface area (Å²) in [5, 5.41) is 11.9. The maximum atomic E-state index is 13.7. The summed E-state index contributed by atoms with van der Waals surface area (Å²) in [6.45, 7) is 8.73. The zero-order chi connectivity index (χ0) is 35.2. The molecule has 0 amide bonds. The van der Waals surface area contributed by atoms with E-state index < -0.39 is 72.0 Å². The van der Waals surface area contributed by atoms with E-state index >= 15 is 0 Å². The van der Waals surface area contributed by atoms with Crippen LogP contribution < -0.4 is 4.57 Å². The highest BCUT2D eigenvalue weighted by atomic mass is 16.6. The number of hydrogen-bond acceptors (Lipinski definition) is 10. The summed E-state index contributed by atoms with van der Waals surface area (Å²) < 4.78 is 32.3. The molecule has 4 bridgehead atoms. The Balaban J connectivity index is 1.29. The van der Waals surface area contributed by atoms with Gasteiger partial charge < -0.3 is 28.8 Å². The largest absolute Gasteiger partial charge is 0.456 e. The summed E-state index contributed by atoms with van der Waals surface area (Å²) in [6, 6.07) is 3.35. The second kappa shape index (κ2) is 13.8. The second-order valence-corrected chi connectivity index (χ2v) is 14.1. The predicted molar refractivity (Wildman–Crippen MR) is 175 cm³/mol. The number of cyclic esters (lactones) is 1. The minimum absolute atomic E-state index is 0.123. The number of rotatable bonds is 8. The van der Waals surface area contributed by atoms with Gasteiger partial charge in [-0.1, -0.05) is 50.3 Å². The minimum atomic E-state index is -1.02. The fourth-order valence-corrected chi connectivity index (χ4v) is 8.57. The lowest BCUT2D eigenvalue weighted by Crippen LogP contribution is -2.57. The first-order chi connectivity index (χ1) is 23.3. The number of pyridine rings is 1. The lowest BCUT2D eigenvalue weighted by atomic mass is 9.57. The zero-order valence-electron chi connectivity index (χ0n) is 28.8. The number of aliphatic hydroxyl groups excluding tert-OH is 1. The van der Waals surface area contributed by atoms with E-state index in [1.165, 1.54) is 14.0 Å². The molecule has 1 aromatic heterocycles. The van der Waals surface area contributed by atoms with Crippen LogP contribution in [-0.2, 0) is 44.6 Å². The van der Waals surface area contributed by atoms with Gasteiger partial charge in [-0.2, -0.15) is 4.57 Å². The maximum Gasteiger partial charge on any atom is 0.373 e. The molecular weight excluding hydrogens is 630 g/mol. The van der Waals surface area contributed by atoms with Gasteiger partial charge in [0.2, 0.25) is 6.54 Å². The number of carbonyl (C=O) groups is 4. The number of ether oxygens (including phenoxy) is 5. The third-order valence-corrected chi connectivity index (χ3v) is 11.0. The van der Waals surface area contributed by atoms with Gasteiger partial charge in [0, 0.05) is 48.3 Å². The molecule has 49 heavy (non-hydrogen) atoms. The van der Waals surface area contributed by atoms with Gasteiger partial charge in [0.25, 0.3) is 0 Å². The number of aromatic nitrogens is 1. The van der Waals surface area contributed by atoms with Crippen LogP contribution in [0.25, 0.3) is 0 Å². The number of nitrogens with zero attached hydrogens (tertiary/aromatic N) is 1. The van der Waals surface area contributed by atoms with Crippen molar-refractivity contribution in [1.29, 1.82) is 0 Å². The molecule has 0 unspecified atom stereocenters. The standard InChI is InChI=1S/C38H46NO10/c1-20-16-21(2)38-27(13-14-28-31(38)32(42)22(3)34(35(28)49-38)48-36(43)25-10-7-8-11-25)17-29(45-6)37(44)47-33(20)24(5)46-30(41)19-39-15-9-12-26(18-39)23(4)40/h7-10,12-16,18,20,22,24,27-29,31-35,42H,11,17,19H2,1-6H3/q+1/b21-16+/t20-,22-,24-,27-,28-,29+,31+,32-,33+,34-,35-,38+/m1/s1. The molecule has 2 fully saturated rings. The Kier molecular flexibility index (Phi) is 9.81. The fraction of sp³-hybridized carbons (Fsp3) is 0.553. The summed E-state index contributed by atoms with van der Waals surface area (Å²) in [7, 11) is 1.45. The summed E-state index contributed by atoms with van der Waals surface area (Å²) in [5.41, 5.74) is 0.859. The molecule has 3 heterocycles. The Morgan fingerprint density at radius 3 is 2.67 bits per heavy atom. The molecule has 11 heteroatoms. The van der Waals surface area contributed by atoms with E-state index in [1.807, 2.05) is 51.2 Å². The molecule has 3 aliphatic carbocycles. The Labute approximate surface area is 286 Å². The van der Waals surface area contributed by atoms with E-state index in [-0.39, 0.29) is 36.5 Å². The van der Waals surface area contributed by atoms with Gasteiger partial charge in [-0.05, 0) is 45.3 Å². The van der Waals surface area contributed by atoms with E-state index in [0.29, 0.717) is 17.6 Å². The molecule has 5 aliphatic rings. The third kappa shape index (κ3) is 6.32. The number of esters is 3. The monoisotopic (exact) mass is 676 g/mol. The van der Waals surface area contributed by atoms with Crippen molar-refractivity contribution in [3.63, 3.8) is 0 Å². The molecule has 0 radical (unpaired) electrons. The van der Waals surface area contributed by atoms with Gasteiger partial charge in [-0.15, -0.1) is 0 Å². The number of methoxy groups -OCH3 is 1. The number of hydrogen-bond donors (Lipinski definition) is 1. The van der Waals surface area contributed by atoms with Crippen LogP contribution in [0.2, 0.25) is 0 Å². The second-order valence-electron chi connectivity index (χ2n) is 14.1. The molecule has 0 aromatic carbocycles. The molecule has 6 rings (SSSR count). The van der Waals surface area contributed by atoms with Crippen LogP contribution in [0.5, 0.6) is 0 Å². The van der Waals surface area contributed by atoms with Gasteiger partial charge in [-0.25, -0.2) is 14.4 Å². The SMILES string of the molecule is CO[C@H]1C[C@H]2C=C[C@H]3[C@H]4O[C@]2(/C(C)=C/[C@@H](C)[C@@H]([C@@H](C)OC(=O)C[n+]2cccc(C(C)=O)c2)OC1=O)[C@@H]3[C@H](O)[C@@H](C)[C@H]4OC(=O)C1=CC=CC1. The van der Waals surface area contributed by atoms with Crippen LogP contribution in [-0.4, -0.2) is 78.1 Å². The quantitative estimate of drug-likeness (QED) is 0.143. The van der Waals surface area contributed by atoms with Crippen molar-refractivity contribution in [2.24, 2.45) is 29.6 Å². The van der Waals surface area contributed by atoms with Crippen molar-refractivity contribution in [3.05, 3.63) is 77.7 Å². The Hall–Kier alpha value is -3.93. The molecule has 1 aromatic rings. The van der Waals surface area contributed by atoms with E-state index in [9.17, 15) is 24.3 Å². The number of carbonyl (C=O) groups excluding carboxylic acids is 4. The van der Waals surface area contributed by atoms with Crippen LogP contribution in [0.4, 0.5) is 0 Å². The first-order valence-corrected chi connectivity index (χ1v) is 17.1. The lowest BCUT2D eigenvalue weighted by Gasteiger charge is -2.49. The number of Topliss-reactive ketones (excluding diaryl/α,β-unsaturated/α-hetero) is 1. The molecule has 262 valence electrons. The van der Waals surface area contributed by atoms with Crippen molar-refractivity contribution in [1.82, 2.24) is 0 Å². The Bertz CT molecular complexity index is 1630. The van der Waals surface area contributed by atoms with Crippen LogP contribution in [0.1, 0.15) is 57.8 Å². The van der Waals surface area contributed by atoms with E-state index in [1.54, 1.807) is 42.1 Å². The summed E-state index contributed by atoms with van der Waals surface area (Å²) in [6.07, 6.45) is 10.8. The first-order valence-electron chi connectivity index (χ1n) is 17.1.